The molecule has 0 fully saturated rings. The summed E-state index contributed by atoms with van der Waals surface area (Å²) in [4.78, 5) is 42.9. The Morgan fingerprint density at radius 2 is 1.69 bits per heavy atom. The first-order valence-corrected chi connectivity index (χ1v) is 12.4. The van der Waals surface area contributed by atoms with Gasteiger partial charge in [-0.2, -0.15) is 0 Å². The fourth-order valence-electron chi connectivity index (χ4n) is 4.81. The molecule has 182 valence electrons. The van der Waals surface area contributed by atoms with E-state index < -0.39 is 6.04 Å². The molecular weight excluding hydrogens is 438 g/mol. The van der Waals surface area contributed by atoms with Crippen LogP contribution in [-0.4, -0.2) is 41.2 Å². The van der Waals surface area contributed by atoms with Crippen molar-refractivity contribution in [3.05, 3.63) is 77.9 Å². The number of anilines is 1. The van der Waals surface area contributed by atoms with Crippen LogP contribution in [0, 0.1) is 0 Å². The molecule has 0 radical (unpaired) electrons. The van der Waals surface area contributed by atoms with Crippen molar-refractivity contribution in [1.29, 1.82) is 0 Å². The van der Waals surface area contributed by atoms with Gasteiger partial charge in [0.25, 0.3) is 5.91 Å². The largest absolute Gasteiger partial charge is 0.352 e. The second-order valence-electron chi connectivity index (χ2n) is 9.34. The van der Waals surface area contributed by atoms with Gasteiger partial charge in [-0.05, 0) is 49.8 Å². The average molecular weight is 472 g/mol. The molecule has 1 aliphatic rings. The summed E-state index contributed by atoms with van der Waals surface area (Å²) >= 11 is 0. The van der Waals surface area contributed by atoms with Crippen LogP contribution < -0.4 is 10.2 Å². The zero-order valence-corrected chi connectivity index (χ0v) is 20.7. The number of hydrogen-bond donors (Lipinski definition) is 1. The maximum atomic E-state index is 13.4. The Hall–Kier alpha value is -3.67. The predicted molar refractivity (Wildman–Crippen MR) is 139 cm³/mol. The number of carbonyl (C=O) groups is 3. The first-order chi connectivity index (χ1) is 16.9. The maximum Gasteiger partial charge on any atom is 0.258 e. The molecule has 0 spiro atoms. The minimum Gasteiger partial charge on any atom is -0.352 e. The summed E-state index contributed by atoms with van der Waals surface area (Å²) < 4.78 is 0. The quantitative estimate of drug-likeness (QED) is 0.457. The molecule has 3 amide bonds. The van der Waals surface area contributed by atoms with Crippen LogP contribution in [-0.2, 0) is 16.1 Å². The second-order valence-corrected chi connectivity index (χ2v) is 9.34. The number of nitrogens with zero attached hydrogens (tertiary/aromatic N) is 2. The number of carbonyl (C=O) groups excluding carboxylic acids is 3. The Morgan fingerprint density at radius 3 is 2.37 bits per heavy atom. The lowest BCUT2D eigenvalue weighted by Gasteiger charge is -2.31. The Bertz CT molecular complexity index is 1220. The molecule has 1 aliphatic heterocycles. The third-order valence-corrected chi connectivity index (χ3v) is 6.43. The molecule has 0 aromatic heterocycles. The van der Waals surface area contributed by atoms with E-state index in [4.69, 9.17) is 0 Å². The van der Waals surface area contributed by atoms with E-state index >= 15 is 0 Å². The average Bonchev–Trinajstić information content (AvgIpc) is 3.12. The molecule has 0 saturated carbocycles. The number of benzene rings is 3. The fraction of sp³-hybridized carbons (Fsp3) is 0.345. The normalized spacial score (nSPS) is 13.4. The highest BCUT2D eigenvalue weighted by molar-refractivity contribution is 6.25. The lowest BCUT2D eigenvalue weighted by atomic mass is 10.1. The van der Waals surface area contributed by atoms with Crippen LogP contribution in [0.4, 0.5) is 5.69 Å². The highest BCUT2D eigenvalue weighted by Crippen LogP contribution is 2.37. The molecule has 6 nitrogen and oxygen atoms in total. The van der Waals surface area contributed by atoms with Crippen molar-refractivity contribution < 1.29 is 14.4 Å². The SMILES string of the molecule is CCC(C(=O)NC(C)C)N(Cc1ccccc1)C(=O)CCCN1C(=O)c2cccc3cccc1c23. The van der Waals surface area contributed by atoms with E-state index in [1.54, 1.807) is 9.80 Å². The van der Waals surface area contributed by atoms with Crippen LogP contribution in [0.15, 0.2) is 66.7 Å². The van der Waals surface area contributed by atoms with Crippen molar-refractivity contribution in [2.45, 2.75) is 58.7 Å². The molecule has 1 atom stereocenters. The van der Waals surface area contributed by atoms with E-state index in [1.165, 1.54) is 0 Å². The van der Waals surface area contributed by atoms with Gasteiger partial charge >= 0.3 is 0 Å². The molecule has 6 heteroatoms. The summed E-state index contributed by atoms with van der Waals surface area (Å²) in [6.45, 7) is 6.58. The number of hydrogen-bond acceptors (Lipinski definition) is 3. The number of nitrogens with one attached hydrogen (secondary N) is 1. The maximum absolute atomic E-state index is 13.4. The van der Waals surface area contributed by atoms with Gasteiger partial charge in [-0.15, -0.1) is 0 Å². The van der Waals surface area contributed by atoms with Crippen molar-refractivity contribution in [1.82, 2.24) is 10.2 Å². The van der Waals surface area contributed by atoms with E-state index in [2.05, 4.69) is 5.32 Å². The zero-order chi connectivity index (χ0) is 24.9. The number of rotatable bonds is 10. The first kappa shape index (κ1) is 24.5. The van der Waals surface area contributed by atoms with E-state index in [0.717, 1.165) is 22.0 Å². The second kappa shape index (κ2) is 10.7. The molecule has 35 heavy (non-hydrogen) atoms. The Kier molecular flexibility index (Phi) is 7.49. The zero-order valence-electron chi connectivity index (χ0n) is 20.7. The van der Waals surface area contributed by atoms with Gasteiger partial charge in [0.15, 0.2) is 0 Å². The van der Waals surface area contributed by atoms with Crippen LogP contribution >= 0.6 is 0 Å². The van der Waals surface area contributed by atoms with Crippen molar-refractivity contribution in [3.8, 4) is 0 Å². The van der Waals surface area contributed by atoms with E-state index in [9.17, 15) is 14.4 Å². The van der Waals surface area contributed by atoms with Gasteiger partial charge in [0.2, 0.25) is 11.8 Å². The lowest BCUT2D eigenvalue weighted by Crippen LogP contribution is -2.50. The van der Waals surface area contributed by atoms with E-state index in [-0.39, 0.29) is 30.2 Å². The van der Waals surface area contributed by atoms with Gasteiger partial charge in [-0.3, -0.25) is 14.4 Å². The summed E-state index contributed by atoms with van der Waals surface area (Å²) in [6, 6.07) is 20.9. The van der Waals surface area contributed by atoms with Gasteiger partial charge < -0.3 is 15.1 Å². The summed E-state index contributed by atoms with van der Waals surface area (Å²) in [5.74, 6) is -0.237. The summed E-state index contributed by atoms with van der Waals surface area (Å²) in [5, 5.41) is 4.98. The molecular formula is C29H33N3O3. The fourth-order valence-corrected chi connectivity index (χ4v) is 4.81. The third kappa shape index (κ3) is 5.21. The van der Waals surface area contributed by atoms with Crippen LogP contribution in [0.1, 0.15) is 56.0 Å². The molecule has 0 aliphatic carbocycles. The molecule has 0 saturated heterocycles. The molecule has 4 rings (SSSR count). The molecule has 0 bridgehead atoms. The standard InChI is InChI=1S/C29H33N3O3/c1-4-24(28(34)30-20(2)3)32(19-21-11-6-5-7-12-21)26(33)17-10-18-31-25-16-9-14-22-13-8-15-23(27(22)25)29(31)35/h5-9,11-16,20,24H,4,10,17-19H2,1-3H3,(H,30,34). The predicted octanol–water partition coefficient (Wildman–Crippen LogP) is 4.91. The molecule has 3 aromatic rings. The van der Waals surface area contributed by atoms with Gasteiger partial charge in [0.05, 0.1) is 5.69 Å². The molecule has 1 N–H and O–H groups in total. The third-order valence-electron chi connectivity index (χ3n) is 6.43. The van der Waals surface area contributed by atoms with Crippen LogP contribution in [0.5, 0.6) is 0 Å². The van der Waals surface area contributed by atoms with Crippen LogP contribution in [0.2, 0.25) is 0 Å². The minimum atomic E-state index is -0.545. The topological polar surface area (TPSA) is 69.7 Å². The monoisotopic (exact) mass is 471 g/mol. The smallest absolute Gasteiger partial charge is 0.258 e. The number of amides is 3. The lowest BCUT2D eigenvalue weighted by molar-refractivity contribution is -0.141. The van der Waals surface area contributed by atoms with Crippen molar-refractivity contribution in [2.75, 3.05) is 11.4 Å². The highest BCUT2D eigenvalue weighted by Gasteiger charge is 2.31. The molecule has 1 unspecified atom stereocenters. The Morgan fingerprint density at radius 1 is 0.971 bits per heavy atom. The molecule has 3 aromatic carbocycles. The first-order valence-electron chi connectivity index (χ1n) is 12.4. The van der Waals surface area contributed by atoms with Gasteiger partial charge in [0.1, 0.15) is 6.04 Å². The van der Waals surface area contributed by atoms with E-state index in [1.807, 2.05) is 87.5 Å². The van der Waals surface area contributed by atoms with Gasteiger partial charge in [-0.1, -0.05) is 61.5 Å². The van der Waals surface area contributed by atoms with E-state index in [0.29, 0.717) is 31.5 Å². The summed E-state index contributed by atoms with van der Waals surface area (Å²) in [5.41, 5.74) is 2.60. The van der Waals surface area contributed by atoms with Gasteiger partial charge in [-0.25, -0.2) is 0 Å². The molecule has 1 heterocycles. The summed E-state index contributed by atoms with van der Waals surface area (Å²) in [7, 11) is 0. The van der Waals surface area contributed by atoms with Crippen LogP contribution in [0.3, 0.4) is 0 Å². The van der Waals surface area contributed by atoms with Crippen molar-refractivity contribution in [2.24, 2.45) is 0 Å². The van der Waals surface area contributed by atoms with Gasteiger partial charge in [0, 0.05) is 36.5 Å². The highest BCUT2D eigenvalue weighted by atomic mass is 16.2. The van der Waals surface area contributed by atoms with Crippen LogP contribution in [0.25, 0.3) is 10.8 Å². The Balaban J connectivity index is 1.47. The van der Waals surface area contributed by atoms with Crippen molar-refractivity contribution in [3.63, 3.8) is 0 Å². The minimum absolute atomic E-state index is 0.00394. The summed E-state index contributed by atoms with van der Waals surface area (Å²) in [6.07, 6.45) is 1.30. The van der Waals surface area contributed by atoms with Crippen molar-refractivity contribution >= 4 is 34.2 Å². The Labute approximate surface area is 206 Å².